The van der Waals surface area contributed by atoms with E-state index in [0.29, 0.717) is 31.2 Å². The molecule has 1 aromatic carbocycles. The molecule has 184 valence electrons. The van der Waals surface area contributed by atoms with Crippen molar-refractivity contribution in [1.82, 2.24) is 9.88 Å². The van der Waals surface area contributed by atoms with E-state index >= 15 is 0 Å². The maximum absolute atomic E-state index is 13.4. The summed E-state index contributed by atoms with van der Waals surface area (Å²) in [6.07, 6.45) is -0.498. The minimum absolute atomic E-state index is 0.00844. The predicted octanol–water partition coefficient (Wildman–Crippen LogP) is 5.39. The number of alkyl halides is 3. The Morgan fingerprint density at radius 1 is 1.18 bits per heavy atom. The van der Waals surface area contributed by atoms with Crippen LogP contribution in [-0.2, 0) is 10.2 Å². The van der Waals surface area contributed by atoms with E-state index < -0.39 is 23.6 Å². The first-order chi connectivity index (χ1) is 16.1. The Morgan fingerprint density at radius 2 is 1.79 bits per heavy atom. The molecular formula is C24H28F3N3O3S. The van der Waals surface area contributed by atoms with E-state index in [1.54, 1.807) is 5.51 Å². The van der Waals surface area contributed by atoms with Crippen LogP contribution in [0.3, 0.4) is 0 Å². The molecule has 2 amide bonds. The Morgan fingerprint density at radius 3 is 2.29 bits per heavy atom. The Kier molecular flexibility index (Phi) is 6.89. The maximum Gasteiger partial charge on any atom is 0.404 e. The number of carbonyl (C=O) groups is 2. The second-order valence-electron chi connectivity index (χ2n) is 9.32. The van der Waals surface area contributed by atoms with E-state index in [1.165, 1.54) is 35.6 Å². The first-order valence-electron chi connectivity index (χ1n) is 11.4. The van der Waals surface area contributed by atoms with Gasteiger partial charge in [0.2, 0.25) is 0 Å². The molecule has 1 aromatic heterocycles. The lowest BCUT2D eigenvalue weighted by atomic mass is 9.70. The number of amides is 2. The molecule has 6 nitrogen and oxygen atoms in total. The number of halogens is 3. The average Bonchev–Trinajstić information content (AvgIpc) is 3.48. The molecule has 2 aliphatic carbocycles. The lowest BCUT2D eigenvalue weighted by Crippen LogP contribution is -2.48. The lowest BCUT2D eigenvalue weighted by molar-refractivity contribution is -0.146. The van der Waals surface area contributed by atoms with Crippen LogP contribution in [0, 0.1) is 0 Å². The molecule has 34 heavy (non-hydrogen) atoms. The van der Waals surface area contributed by atoms with Crippen LogP contribution in [0.4, 0.5) is 18.0 Å². The molecule has 1 unspecified atom stereocenters. The minimum atomic E-state index is -4.32. The van der Waals surface area contributed by atoms with Gasteiger partial charge in [-0.25, -0.2) is 9.78 Å². The number of carbonyl (C=O) groups excluding carboxylic acids is 2. The van der Waals surface area contributed by atoms with Gasteiger partial charge in [-0.05, 0) is 63.1 Å². The van der Waals surface area contributed by atoms with E-state index in [1.807, 2.05) is 10.3 Å². The van der Waals surface area contributed by atoms with Crippen molar-refractivity contribution >= 4 is 23.3 Å². The molecule has 1 heterocycles. The normalized spacial score (nSPS) is 23.8. The van der Waals surface area contributed by atoms with Gasteiger partial charge in [-0.2, -0.15) is 13.2 Å². The maximum atomic E-state index is 13.4. The topological polar surface area (TPSA) is 85.5 Å². The molecule has 2 aliphatic rings. The highest BCUT2D eigenvalue weighted by atomic mass is 32.1. The summed E-state index contributed by atoms with van der Waals surface area (Å²) >= 11 is 1.48. The van der Waals surface area contributed by atoms with Crippen molar-refractivity contribution in [3.05, 3.63) is 52.0 Å². The van der Waals surface area contributed by atoms with Gasteiger partial charge in [0.25, 0.3) is 5.91 Å². The Balaban J connectivity index is 1.48. The number of nitrogens with two attached hydrogens (primary N) is 1. The fourth-order valence-electron chi connectivity index (χ4n) is 4.83. The van der Waals surface area contributed by atoms with E-state index in [2.05, 4.69) is 4.98 Å². The smallest absolute Gasteiger partial charge is 0.404 e. The Hall–Kier alpha value is -2.62. The fraction of sp³-hybridized carbons (Fsp3) is 0.542. The van der Waals surface area contributed by atoms with Crippen LogP contribution in [0.1, 0.15) is 73.0 Å². The van der Waals surface area contributed by atoms with Crippen LogP contribution >= 0.6 is 11.3 Å². The molecule has 1 atom stereocenters. The summed E-state index contributed by atoms with van der Waals surface area (Å²) in [7, 11) is 0. The van der Waals surface area contributed by atoms with Gasteiger partial charge < -0.3 is 15.4 Å². The summed E-state index contributed by atoms with van der Waals surface area (Å²) < 4.78 is 44.3. The van der Waals surface area contributed by atoms with Crippen molar-refractivity contribution < 1.29 is 27.5 Å². The van der Waals surface area contributed by atoms with Gasteiger partial charge in [-0.1, -0.05) is 12.1 Å². The second-order valence-corrected chi connectivity index (χ2v) is 10.0. The number of primary amides is 1. The number of aromatic nitrogens is 1. The van der Waals surface area contributed by atoms with Crippen molar-refractivity contribution in [3.63, 3.8) is 0 Å². The third-order valence-electron chi connectivity index (χ3n) is 7.10. The standard InChI is InChI=1S/C24H28F3N3O3S/c1-15(24(25,26)27)16-2-4-17(5-3-16)21(31)30(18-6-7-18)19-8-10-23(11-9-19,13-33-22(28)32)20-12-34-14-29-20/h2-5,12,14-15,18-19H,6-11,13H2,1H3,(H2,28,32). The van der Waals surface area contributed by atoms with E-state index in [0.717, 1.165) is 25.5 Å². The number of thiazole rings is 1. The zero-order valence-corrected chi connectivity index (χ0v) is 19.7. The highest BCUT2D eigenvalue weighted by Crippen LogP contribution is 2.43. The number of ether oxygens (including phenoxy) is 1. The highest BCUT2D eigenvalue weighted by Gasteiger charge is 2.45. The fourth-order valence-corrected chi connectivity index (χ4v) is 5.50. The van der Waals surface area contributed by atoms with Crippen LogP contribution in [0.2, 0.25) is 0 Å². The van der Waals surface area contributed by atoms with Crippen LogP contribution in [-0.4, -0.2) is 46.8 Å². The summed E-state index contributed by atoms with van der Waals surface area (Å²) in [6.45, 7) is 1.26. The summed E-state index contributed by atoms with van der Waals surface area (Å²) in [6, 6.07) is 5.95. The monoisotopic (exact) mass is 495 g/mol. The molecule has 0 aliphatic heterocycles. The number of nitrogens with zero attached hydrogens (tertiary/aromatic N) is 2. The molecule has 2 N–H and O–H groups in total. The zero-order valence-electron chi connectivity index (χ0n) is 18.9. The van der Waals surface area contributed by atoms with Gasteiger partial charge in [0.05, 0.1) is 17.1 Å². The third kappa shape index (κ3) is 5.21. The predicted molar refractivity (Wildman–Crippen MR) is 122 cm³/mol. The zero-order chi connectivity index (χ0) is 24.5. The van der Waals surface area contributed by atoms with Gasteiger partial charge >= 0.3 is 12.3 Å². The minimum Gasteiger partial charge on any atom is -0.449 e. The molecule has 0 bridgehead atoms. The molecule has 0 saturated heterocycles. The van der Waals surface area contributed by atoms with Gasteiger partial charge in [0, 0.05) is 28.4 Å². The molecule has 4 rings (SSSR count). The summed E-state index contributed by atoms with van der Waals surface area (Å²) in [5.41, 5.74) is 7.94. The van der Waals surface area contributed by atoms with Crippen molar-refractivity contribution in [2.75, 3.05) is 6.61 Å². The van der Waals surface area contributed by atoms with Crippen molar-refractivity contribution in [2.24, 2.45) is 5.73 Å². The highest BCUT2D eigenvalue weighted by molar-refractivity contribution is 7.07. The molecular weight excluding hydrogens is 467 g/mol. The second kappa shape index (κ2) is 9.56. The summed E-state index contributed by atoms with van der Waals surface area (Å²) in [5.74, 6) is -1.73. The van der Waals surface area contributed by atoms with Crippen molar-refractivity contribution in [1.29, 1.82) is 0 Å². The van der Waals surface area contributed by atoms with E-state index in [9.17, 15) is 22.8 Å². The molecule has 10 heteroatoms. The molecule has 2 saturated carbocycles. The van der Waals surface area contributed by atoms with Gasteiger partial charge in [-0.3, -0.25) is 4.79 Å². The Labute approximate surface area is 200 Å². The van der Waals surface area contributed by atoms with Crippen LogP contribution in [0.15, 0.2) is 35.2 Å². The average molecular weight is 496 g/mol. The molecule has 2 fully saturated rings. The van der Waals surface area contributed by atoms with Gasteiger partial charge in [-0.15, -0.1) is 11.3 Å². The van der Waals surface area contributed by atoms with Crippen molar-refractivity contribution in [3.8, 4) is 0 Å². The summed E-state index contributed by atoms with van der Waals surface area (Å²) in [5, 5.41) is 1.96. The number of rotatable bonds is 7. The van der Waals surface area contributed by atoms with Crippen molar-refractivity contribution in [2.45, 2.75) is 75.0 Å². The first kappa shape index (κ1) is 24.5. The first-order valence-corrected chi connectivity index (χ1v) is 12.4. The van der Waals surface area contributed by atoms with Gasteiger partial charge in [0.1, 0.15) is 6.61 Å². The molecule has 0 radical (unpaired) electrons. The molecule has 2 aromatic rings. The number of hydrogen-bond donors (Lipinski definition) is 1. The number of hydrogen-bond acceptors (Lipinski definition) is 5. The molecule has 0 spiro atoms. The largest absolute Gasteiger partial charge is 0.449 e. The van der Waals surface area contributed by atoms with Crippen LogP contribution < -0.4 is 5.73 Å². The number of benzene rings is 1. The van der Waals surface area contributed by atoms with Crippen LogP contribution in [0.5, 0.6) is 0 Å². The van der Waals surface area contributed by atoms with E-state index in [-0.39, 0.29) is 30.2 Å². The SMILES string of the molecule is CC(c1ccc(C(=O)N(C2CC2)C2CCC(COC(N)=O)(c3cscn3)CC2)cc1)C(F)(F)F. The van der Waals surface area contributed by atoms with Gasteiger partial charge in [0.15, 0.2) is 0 Å². The summed E-state index contributed by atoms with van der Waals surface area (Å²) in [4.78, 5) is 31.0. The van der Waals surface area contributed by atoms with Crippen LogP contribution in [0.25, 0.3) is 0 Å². The lowest BCUT2D eigenvalue weighted by Gasteiger charge is -2.42. The Bertz CT molecular complexity index is 999. The third-order valence-corrected chi connectivity index (χ3v) is 7.68. The quantitative estimate of drug-likeness (QED) is 0.558. The van der Waals surface area contributed by atoms with E-state index in [4.69, 9.17) is 10.5 Å².